The van der Waals surface area contributed by atoms with Gasteiger partial charge in [-0.2, -0.15) is 0 Å². The summed E-state index contributed by atoms with van der Waals surface area (Å²) in [4.78, 5) is 28.5. The van der Waals surface area contributed by atoms with E-state index in [1.54, 1.807) is 22.9 Å². The molecule has 6 heteroatoms. The largest absolute Gasteiger partial charge is 0.342 e. The highest BCUT2D eigenvalue weighted by atomic mass is 35.5. The Kier molecular flexibility index (Phi) is 6.68. The van der Waals surface area contributed by atoms with Crippen molar-refractivity contribution in [3.05, 3.63) is 70.5 Å². The Balaban J connectivity index is 1.58. The summed E-state index contributed by atoms with van der Waals surface area (Å²) in [6.45, 7) is 1.33. The maximum absolute atomic E-state index is 13.3. The average molecular weight is 403 g/mol. The Bertz CT molecular complexity index is 858. The maximum atomic E-state index is 13.3. The molecule has 2 amide bonds. The first-order chi connectivity index (χ1) is 13.4. The van der Waals surface area contributed by atoms with E-state index < -0.39 is 0 Å². The number of piperidine rings is 1. The van der Waals surface area contributed by atoms with Crippen molar-refractivity contribution in [1.82, 2.24) is 9.80 Å². The van der Waals surface area contributed by atoms with Crippen LogP contribution in [0.4, 0.5) is 4.39 Å². The summed E-state index contributed by atoms with van der Waals surface area (Å²) in [6, 6.07) is 13.9. The number of hydrogen-bond acceptors (Lipinski definition) is 2. The number of benzene rings is 2. The van der Waals surface area contributed by atoms with Crippen molar-refractivity contribution >= 4 is 23.4 Å². The second-order valence-corrected chi connectivity index (χ2v) is 7.65. The van der Waals surface area contributed by atoms with Gasteiger partial charge in [0, 0.05) is 38.1 Å². The maximum Gasteiger partial charge on any atom is 0.227 e. The van der Waals surface area contributed by atoms with E-state index in [4.69, 9.17) is 11.6 Å². The molecule has 0 N–H and O–H groups in total. The Morgan fingerprint density at radius 1 is 1.25 bits per heavy atom. The number of amides is 2. The quantitative estimate of drug-likeness (QED) is 0.734. The Labute approximate surface area is 169 Å². The molecule has 0 radical (unpaired) electrons. The van der Waals surface area contributed by atoms with Crippen LogP contribution >= 0.6 is 11.6 Å². The summed E-state index contributed by atoms with van der Waals surface area (Å²) in [5.74, 6) is -0.438. The van der Waals surface area contributed by atoms with Gasteiger partial charge in [0.05, 0.1) is 5.92 Å². The summed E-state index contributed by atoms with van der Waals surface area (Å²) in [6.07, 6.45) is 1.49. The fourth-order valence-electron chi connectivity index (χ4n) is 3.56. The lowest BCUT2D eigenvalue weighted by Gasteiger charge is -2.34. The number of rotatable bonds is 6. The van der Waals surface area contributed by atoms with Gasteiger partial charge in [0.2, 0.25) is 11.8 Å². The summed E-state index contributed by atoms with van der Waals surface area (Å²) < 4.78 is 13.3. The van der Waals surface area contributed by atoms with Crippen LogP contribution in [0.15, 0.2) is 48.5 Å². The highest BCUT2D eigenvalue weighted by Gasteiger charge is 2.31. The van der Waals surface area contributed by atoms with Crippen LogP contribution in [-0.4, -0.2) is 41.8 Å². The zero-order chi connectivity index (χ0) is 20.1. The van der Waals surface area contributed by atoms with Gasteiger partial charge in [0.15, 0.2) is 0 Å². The molecule has 4 nitrogen and oxygen atoms in total. The fraction of sp³-hybridized carbons (Fsp3) is 0.364. The highest BCUT2D eigenvalue weighted by molar-refractivity contribution is 6.31. The zero-order valence-electron chi connectivity index (χ0n) is 15.9. The topological polar surface area (TPSA) is 40.6 Å². The minimum absolute atomic E-state index is 0.0168. The van der Waals surface area contributed by atoms with Crippen LogP contribution < -0.4 is 0 Å². The molecule has 1 atom stereocenters. The molecule has 1 fully saturated rings. The lowest BCUT2D eigenvalue weighted by atomic mass is 9.95. The number of carbonyl (C=O) groups is 2. The molecule has 1 aliphatic rings. The summed E-state index contributed by atoms with van der Waals surface area (Å²) in [5, 5.41) is 0.637. The Hall–Kier alpha value is -2.40. The molecule has 1 saturated heterocycles. The standard InChI is InChI=1S/C22H24ClFN2O2/c1-25(14-17-6-2-3-8-20(17)23)22(28)18-9-10-21(27)26(15-18)12-11-16-5-4-7-19(24)13-16/h2-8,13,18H,9-12,14-15H2,1H3/t18-/m0/s1. The van der Waals surface area contributed by atoms with Gasteiger partial charge in [-0.15, -0.1) is 0 Å². The van der Waals surface area contributed by atoms with Gasteiger partial charge in [-0.3, -0.25) is 9.59 Å². The SMILES string of the molecule is CN(Cc1ccccc1Cl)C(=O)[C@H]1CCC(=O)N(CCc2cccc(F)c2)C1. The summed E-state index contributed by atoms with van der Waals surface area (Å²) in [7, 11) is 1.76. The molecule has 2 aromatic carbocycles. The molecule has 0 bridgehead atoms. The van der Waals surface area contributed by atoms with E-state index in [-0.39, 0.29) is 23.5 Å². The molecule has 0 aromatic heterocycles. The fourth-order valence-corrected chi connectivity index (χ4v) is 3.76. The van der Waals surface area contributed by atoms with Gasteiger partial charge in [-0.1, -0.05) is 41.9 Å². The normalized spacial score (nSPS) is 16.9. The molecular formula is C22H24ClFN2O2. The first-order valence-electron chi connectivity index (χ1n) is 9.44. The van der Waals surface area contributed by atoms with E-state index in [1.165, 1.54) is 12.1 Å². The van der Waals surface area contributed by atoms with Gasteiger partial charge < -0.3 is 9.80 Å². The lowest BCUT2D eigenvalue weighted by molar-refractivity contribution is -0.142. The molecule has 3 rings (SSSR count). The third kappa shape index (κ3) is 5.10. The smallest absolute Gasteiger partial charge is 0.227 e. The lowest BCUT2D eigenvalue weighted by Crippen LogP contribution is -2.46. The van der Waals surface area contributed by atoms with Crippen molar-refractivity contribution in [3.63, 3.8) is 0 Å². The first kappa shape index (κ1) is 20.3. The molecule has 2 aromatic rings. The molecule has 0 saturated carbocycles. The molecule has 28 heavy (non-hydrogen) atoms. The average Bonchev–Trinajstić information content (AvgIpc) is 2.68. The first-order valence-corrected chi connectivity index (χ1v) is 9.82. The van der Waals surface area contributed by atoms with Crippen molar-refractivity contribution in [1.29, 1.82) is 0 Å². The number of halogens is 2. The van der Waals surface area contributed by atoms with Crippen LogP contribution in [0.2, 0.25) is 5.02 Å². The predicted octanol–water partition coefficient (Wildman–Crippen LogP) is 3.92. The van der Waals surface area contributed by atoms with Crippen molar-refractivity contribution in [2.45, 2.75) is 25.8 Å². The van der Waals surface area contributed by atoms with Crippen LogP contribution in [-0.2, 0) is 22.6 Å². The molecule has 0 aliphatic carbocycles. The van der Waals surface area contributed by atoms with Crippen molar-refractivity contribution in [2.75, 3.05) is 20.1 Å². The molecule has 148 valence electrons. The second-order valence-electron chi connectivity index (χ2n) is 7.24. The zero-order valence-corrected chi connectivity index (χ0v) is 16.7. The number of carbonyl (C=O) groups excluding carboxylic acids is 2. The van der Waals surface area contributed by atoms with E-state index >= 15 is 0 Å². The van der Waals surface area contributed by atoms with Gasteiger partial charge in [0.1, 0.15) is 5.82 Å². The third-order valence-electron chi connectivity index (χ3n) is 5.15. The van der Waals surface area contributed by atoms with Gasteiger partial charge in [0.25, 0.3) is 0 Å². The number of hydrogen-bond donors (Lipinski definition) is 0. The second kappa shape index (κ2) is 9.20. The number of likely N-dealkylation sites (tertiary alicyclic amines) is 1. The van der Waals surface area contributed by atoms with Crippen molar-refractivity contribution in [2.24, 2.45) is 5.92 Å². The van der Waals surface area contributed by atoms with E-state index in [0.29, 0.717) is 43.9 Å². The molecule has 1 aliphatic heterocycles. The molecule has 1 heterocycles. The Morgan fingerprint density at radius 2 is 2.04 bits per heavy atom. The highest BCUT2D eigenvalue weighted by Crippen LogP contribution is 2.22. The molecule has 0 unspecified atom stereocenters. The Morgan fingerprint density at radius 3 is 2.79 bits per heavy atom. The van der Waals surface area contributed by atoms with E-state index in [2.05, 4.69) is 0 Å². The predicted molar refractivity (Wildman–Crippen MR) is 107 cm³/mol. The van der Waals surface area contributed by atoms with Gasteiger partial charge in [-0.05, 0) is 42.2 Å². The van der Waals surface area contributed by atoms with E-state index in [9.17, 15) is 14.0 Å². The minimum Gasteiger partial charge on any atom is -0.342 e. The van der Waals surface area contributed by atoms with Crippen LogP contribution in [0, 0.1) is 11.7 Å². The summed E-state index contributed by atoms with van der Waals surface area (Å²) in [5.41, 5.74) is 1.74. The van der Waals surface area contributed by atoms with Crippen LogP contribution in [0.3, 0.4) is 0 Å². The van der Waals surface area contributed by atoms with Crippen molar-refractivity contribution in [3.8, 4) is 0 Å². The van der Waals surface area contributed by atoms with Crippen molar-refractivity contribution < 1.29 is 14.0 Å². The van der Waals surface area contributed by atoms with Gasteiger partial charge >= 0.3 is 0 Å². The minimum atomic E-state index is -0.281. The van der Waals surface area contributed by atoms with E-state index in [1.807, 2.05) is 30.3 Å². The number of nitrogens with zero attached hydrogens (tertiary/aromatic N) is 2. The van der Waals surface area contributed by atoms with Crippen LogP contribution in [0.1, 0.15) is 24.0 Å². The molecule has 0 spiro atoms. The van der Waals surface area contributed by atoms with Crippen LogP contribution in [0.5, 0.6) is 0 Å². The monoisotopic (exact) mass is 402 g/mol. The van der Waals surface area contributed by atoms with Gasteiger partial charge in [-0.25, -0.2) is 4.39 Å². The van der Waals surface area contributed by atoms with Crippen LogP contribution in [0.25, 0.3) is 0 Å². The third-order valence-corrected chi connectivity index (χ3v) is 5.52. The van der Waals surface area contributed by atoms with E-state index in [0.717, 1.165) is 11.1 Å². The molecular weight excluding hydrogens is 379 g/mol. The summed E-state index contributed by atoms with van der Waals surface area (Å²) >= 11 is 6.19.